The number of hydrogen-bond acceptors (Lipinski definition) is 1. The van der Waals surface area contributed by atoms with Gasteiger partial charge in [-0.3, -0.25) is 0 Å². The monoisotopic (exact) mass is 157 g/mol. The van der Waals surface area contributed by atoms with Gasteiger partial charge in [0.05, 0.1) is 0 Å². The highest BCUT2D eigenvalue weighted by molar-refractivity contribution is 4.79. The summed E-state index contributed by atoms with van der Waals surface area (Å²) in [7, 11) is 4.37. The van der Waals surface area contributed by atoms with Gasteiger partial charge < -0.3 is 4.90 Å². The molecule has 0 aromatic carbocycles. The lowest BCUT2D eigenvalue weighted by molar-refractivity contribution is 0.249. The zero-order valence-electron chi connectivity index (χ0n) is 8.72. The standard InChI is InChI=1S/C8H17N.C2H6/c1-7-5-4-6-8(7)9(2)3;1-2/h7-8H,4-6H2,1-3H3;1-2H3/t7-,8-;/m1./s1. The van der Waals surface area contributed by atoms with Gasteiger partial charge in [0, 0.05) is 6.04 Å². The van der Waals surface area contributed by atoms with Gasteiger partial charge in [-0.25, -0.2) is 0 Å². The highest BCUT2D eigenvalue weighted by atomic mass is 15.1. The lowest BCUT2D eigenvalue weighted by Crippen LogP contribution is -2.29. The number of nitrogens with zero attached hydrogens (tertiary/aromatic N) is 1. The van der Waals surface area contributed by atoms with Gasteiger partial charge in [-0.15, -0.1) is 0 Å². The van der Waals surface area contributed by atoms with E-state index < -0.39 is 0 Å². The predicted octanol–water partition coefficient (Wildman–Crippen LogP) is 2.76. The molecule has 11 heavy (non-hydrogen) atoms. The summed E-state index contributed by atoms with van der Waals surface area (Å²) in [5.74, 6) is 0.931. The molecule has 0 heterocycles. The second-order valence-corrected chi connectivity index (χ2v) is 3.44. The molecule has 0 aromatic heterocycles. The first-order chi connectivity index (χ1) is 5.22. The third-order valence-electron chi connectivity index (χ3n) is 2.48. The first-order valence-corrected chi connectivity index (χ1v) is 4.88. The van der Waals surface area contributed by atoms with E-state index in [0.717, 1.165) is 12.0 Å². The van der Waals surface area contributed by atoms with Crippen LogP contribution in [0.1, 0.15) is 40.0 Å². The Morgan fingerprint density at radius 2 is 1.64 bits per heavy atom. The lowest BCUT2D eigenvalue weighted by Gasteiger charge is -2.22. The quantitative estimate of drug-likeness (QED) is 0.565. The van der Waals surface area contributed by atoms with Crippen LogP contribution in [-0.4, -0.2) is 25.0 Å². The van der Waals surface area contributed by atoms with Crippen molar-refractivity contribution in [2.75, 3.05) is 14.1 Å². The Labute approximate surface area is 71.8 Å². The van der Waals surface area contributed by atoms with E-state index in [1.807, 2.05) is 13.8 Å². The fraction of sp³-hybridized carbons (Fsp3) is 1.00. The van der Waals surface area contributed by atoms with Crippen LogP contribution >= 0.6 is 0 Å². The van der Waals surface area contributed by atoms with Crippen molar-refractivity contribution in [2.24, 2.45) is 5.92 Å². The first kappa shape index (κ1) is 11.0. The van der Waals surface area contributed by atoms with Crippen molar-refractivity contribution in [3.8, 4) is 0 Å². The summed E-state index contributed by atoms with van der Waals surface area (Å²) in [6.45, 7) is 6.36. The van der Waals surface area contributed by atoms with Crippen LogP contribution in [-0.2, 0) is 0 Å². The highest BCUT2D eigenvalue weighted by Gasteiger charge is 2.24. The molecular formula is C10H23N. The van der Waals surface area contributed by atoms with Crippen molar-refractivity contribution in [1.82, 2.24) is 4.90 Å². The molecule has 1 rings (SSSR count). The largest absolute Gasteiger partial charge is 0.306 e. The summed E-state index contributed by atoms with van der Waals surface area (Å²) in [4.78, 5) is 2.36. The van der Waals surface area contributed by atoms with E-state index in [9.17, 15) is 0 Å². The summed E-state index contributed by atoms with van der Waals surface area (Å²) >= 11 is 0. The molecule has 1 fully saturated rings. The number of rotatable bonds is 1. The molecule has 1 heteroatoms. The van der Waals surface area contributed by atoms with Crippen molar-refractivity contribution in [1.29, 1.82) is 0 Å². The van der Waals surface area contributed by atoms with Crippen LogP contribution in [0.4, 0.5) is 0 Å². The molecule has 0 aliphatic heterocycles. The van der Waals surface area contributed by atoms with Gasteiger partial charge in [-0.1, -0.05) is 27.2 Å². The zero-order valence-corrected chi connectivity index (χ0v) is 8.72. The van der Waals surface area contributed by atoms with Gasteiger partial charge in [0.25, 0.3) is 0 Å². The summed E-state index contributed by atoms with van der Waals surface area (Å²) in [5.41, 5.74) is 0. The van der Waals surface area contributed by atoms with Crippen LogP contribution in [0.2, 0.25) is 0 Å². The maximum absolute atomic E-state index is 2.36. The van der Waals surface area contributed by atoms with Crippen LogP contribution in [0.25, 0.3) is 0 Å². The summed E-state index contributed by atoms with van der Waals surface area (Å²) in [6.07, 6.45) is 4.28. The van der Waals surface area contributed by atoms with E-state index in [4.69, 9.17) is 0 Å². The molecule has 0 spiro atoms. The van der Waals surface area contributed by atoms with E-state index in [-0.39, 0.29) is 0 Å². The van der Waals surface area contributed by atoms with Crippen LogP contribution in [0.5, 0.6) is 0 Å². The number of hydrogen-bond donors (Lipinski definition) is 0. The molecule has 0 amide bonds. The molecule has 2 atom stereocenters. The molecule has 0 N–H and O–H groups in total. The molecule has 0 bridgehead atoms. The van der Waals surface area contributed by atoms with Gasteiger partial charge in [0.15, 0.2) is 0 Å². The smallest absolute Gasteiger partial charge is 0.0115 e. The van der Waals surface area contributed by atoms with Gasteiger partial charge in [-0.05, 0) is 32.9 Å². The first-order valence-electron chi connectivity index (χ1n) is 4.88. The molecule has 1 saturated carbocycles. The average Bonchev–Trinajstić information content (AvgIpc) is 2.39. The predicted molar refractivity (Wildman–Crippen MR) is 51.8 cm³/mol. The van der Waals surface area contributed by atoms with Crippen molar-refractivity contribution < 1.29 is 0 Å². The van der Waals surface area contributed by atoms with Gasteiger partial charge in [0.1, 0.15) is 0 Å². The van der Waals surface area contributed by atoms with E-state index in [2.05, 4.69) is 25.9 Å². The molecule has 1 nitrogen and oxygen atoms in total. The Balaban J connectivity index is 0.000000461. The highest BCUT2D eigenvalue weighted by Crippen LogP contribution is 2.27. The minimum Gasteiger partial charge on any atom is -0.306 e. The topological polar surface area (TPSA) is 3.24 Å². The van der Waals surface area contributed by atoms with Crippen molar-refractivity contribution in [3.63, 3.8) is 0 Å². The van der Waals surface area contributed by atoms with E-state index in [1.165, 1.54) is 19.3 Å². The fourth-order valence-electron chi connectivity index (χ4n) is 1.89. The fourth-order valence-corrected chi connectivity index (χ4v) is 1.89. The minimum absolute atomic E-state index is 0.866. The van der Waals surface area contributed by atoms with E-state index in [0.29, 0.717) is 0 Å². The summed E-state index contributed by atoms with van der Waals surface area (Å²) in [5, 5.41) is 0. The third-order valence-corrected chi connectivity index (χ3v) is 2.48. The van der Waals surface area contributed by atoms with Gasteiger partial charge >= 0.3 is 0 Å². The van der Waals surface area contributed by atoms with Gasteiger partial charge in [-0.2, -0.15) is 0 Å². The Morgan fingerprint density at radius 3 is 1.82 bits per heavy atom. The Hall–Kier alpha value is -0.0400. The molecular weight excluding hydrogens is 134 g/mol. The molecule has 1 aliphatic carbocycles. The van der Waals surface area contributed by atoms with E-state index >= 15 is 0 Å². The Morgan fingerprint density at radius 1 is 1.09 bits per heavy atom. The Kier molecular flexibility index (Phi) is 5.57. The Bertz CT molecular complexity index is 88.9. The molecule has 0 saturated heterocycles. The second kappa shape index (κ2) is 5.59. The normalized spacial score (nSPS) is 30.0. The zero-order chi connectivity index (χ0) is 8.85. The molecule has 68 valence electrons. The molecule has 0 aromatic rings. The molecule has 0 radical (unpaired) electrons. The van der Waals surface area contributed by atoms with Crippen molar-refractivity contribution in [2.45, 2.75) is 46.1 Å². The maximum atomic E-state index is 2.36. The molecule has 1 aliphatic rings. The second-order valence-electron chi connectivity index (χ2n) is 3.44. The van der Waals surface area contributed by atoms with Gasteiger partial charge in [0.2, 0.25) is 0 Å². The summed E-state index contributed by atoms with van der Waals surface area (Å²) < 4.78 is 0. The van der Waals surface area contributed by atoms with Crippen molar-refractivity contribution >= 4 is 0 Å². The summed E-state index contributed by atoms with van der Waals surface area (Å²) in [6, 6.07) is 0.866. The van der Waals surface area contributed by atoms with Crippen LogP contribution < -0.4 is 0 Å². The minimum atomic E-state index is 0.866. The lowest BCUT2D eigenvalue weighted by atomic mass is 10.1. The van der Waals surface area contributed by atoms with Crippen molar-refractivity contribution in [3.05, 3.63) is 0 Å². The van der Waals surface area contributed by atoms with Crippen LogP contribution in [0.15, 0.2) is 0 Å². The SMILES string of the molecule is CC.C[C@@H]1CCC[C@H]1N(C)C. The van der Waals surface area contributed by atoms with Crippen LogP contribution in [0, 0.1) is 5.92 Å². The van der Waals surface area contributed by atoms with E-state index in [1.54, 1.807) is 0 Å². The third kappa shape index (κ3) is 3.24. The maximum Gasteiger partial charge on any atom is 0.0115 e. The molecule has 0 unspecified atom stereocenters. The average molecular weight is 157 g/mol. The van der Waals surface area contributed by atoms with Crippen LogP contribution in [0.3, 0.4) is 0 Å².